The van der Waals surface area contributed by atoms with Gasteiger partial charge in [-0.3, -0.25) is 9.59 Å². The van der Waals surface area contributed by atoms with Crippen molar-refractivity contribution in [2.45, 2.75) is 45.2 Å². The van der Waals surface area contributed by atoms with E-state index in [2.05, 4.69) is 17.1 Å². The molecule has 4 rings (SSSR count). The van der Waals surface area contributed by atoms with Crippen molar-refractivity contribution in [2.24, 2.45) is 5.92 Å². The van der Waals surface area contributed by atoms with E-state index in [0.29, 0.717) is 30.3 Å². The summed E-state index contributed by atoms with van der Waals surface area (Å²) in [6.07, 6.45) is 0.659. The summed E-state index contributed by atoms with van der Waals surface area (Å²) in [4.78, 5) is 30.3. The number of hydrogen-bond donors (Lipinski definition) is 1. The Morgan fingerprint density at radius 2 is 1.65 bits per heavy atom. The molecule has 1 N–H and O–H groups in total. The van der Waals surface area contributed by atoms with Gasteiger partial charge in [0.2, 0.25) is 0 Å². The SMILES string of the molecule is CC1CCN(C(=O)c2cc(NC(=O)c3cccc(C(F)(F)F)c3)ccc2N2CCCCC2)CC1. The van der Waals surface area contributed by atoms with E-state index in [0.717, 1.165) is 63.0 Å². The van der Waals surface area contributed by atoms with Gasteiger partial charge in [-0.05, 0) is 74.4 Å². The average Bonchev–Trinajstić information content (AvgIpc) is 2.84. The van der Waals surface area contributed by atoms with Crippen LogP contribution in [0.15, 0.2) is 42.5 Å². The zero-order valence-electron chi connectivity index (χ0n) is 19.3. The molecule has 0 unspecified atom stereocenters. The minimum Gasteiger partial charge on any atom is -0.371 e. The summed E-state index contributed by atoms with van der Waals surface area (Å²) in [5.41, 5.74) is 0.791. The maximum atomic E-state index is 13.5. The Kier molecular flexibility index (Phi) is 7.14. The number of nitrogens with one attached hydrogen (secondary N) is 1. The molecule has 2 aliphatic heterocycles. The third kappa shape index (κ3) is 5.54. The van der Waals surface area contributed by atoms with Crippen LogP contribution in [0.4, 0.5) is 24.5 Å². The highest BCUT2D eigenvalue weighted by molar-refractivity contribution is 6.06. The number of rotatable bonds is 4. The maximum Gasteiger partial charge on any atom is 0.416 e. The van der Waals surface area contributed by atoms with Gasteiger partial charge in [-0.25, -0.2) is 0 Å². The lowest BCUT2D eigenvalue weighted by atomic mass is 9.98. The molecule has 182 valence electrons. The number of nitrogens with zero attached hydrogens (tertiary/aromatic N) is 2. The fourth-order valence-corrected chi connectivity index (χ4v) is 4.62. The Morgan fingerprint density at radius 1 is 0.941 bits per heavy atom. The van der Waals surface area contributed by atoms with E-state index in [1.807, 2.05) is 11.0 Å². The molecule has 5 nitrogen and oxygen atoms in total. The topological polar surface area (TPSA) is 52.7 Å². The van der Waals surface area contributed by atoms with Crippen LogP contribution in [0.3, 0.4) is 0 Å². The van der Waals surface area contributed by atoms with E-state index < -0.39 is 17.6 Å². The molecule has 0 aromatic heterocycles. The third-order valence-corrected chi connectivity index (χ3v) is 6.70. The van der Waals surface area contributed by atoms with Crippen molar-refractivity contribution in [3.8, 4) is 0 Å². The molecule has 2 aliphatic rings. The van der Waals surface area contributed by atoms with Crippen LogP contribution in [0.5, 0.6) is 0 Å². The van der Waals surface area contributed by atoms with E-state index in [1.54, 1.807) is 12.1 Å². The van der Waals surface area contributed by atoms with Crippen molar-refractivity contribution in [1.82, 2.24) is 4.90 Å². The minimum atomic E-state index is -4.53. The molecule has 2 aromatic rings. The second-order valence-corrected chi connectivity index (χ2v) is 9.29. The van der Waals surface area contributed by atoms with Crippen LogP contribution >= 0.6 is 0 Å². The number of alkyl halides is 3. The van der Waals surface area contributed by atoms with Crippen LogP contribution in [-0.2, 0) is 6.18 Å². The van der Waals surface area contributed by atoms with Crippen molar-refractivity contribution < 1.29 is 22.8 Å². The highest BCUT2D eigenvalue weighted by atomic mass is 19.4. The van der Waals surface area contributed by atoms with Gasteiger partial charge in [0.15, 0.2) is 0 Å². The molecule has 0 bridgehead atoms. The first-order chi connectivity index (χ1) is 16.2. The van der Waals surface area contributed by atoms with E-state index in [1.165, 1.54) is 12.1 Å². The van der Waals surface area contributed by atoms with Crippen LogP contribution in [-0.4, -0.2) is 42.9 Å². The largest absolute Gasteiger partial charge is 0.416 e. The Bertz CT molecular complexity index is 1040. The van der Waals surface area contributed by atoms with Gasteiger partial charge >= 0.3 is 6.18 Å². The first kappa shape index (κ1) is 24.1. The highest BCUT2D eigenvalue weighted by Crippen LogP contribution is 2.31. The normalized spacial score (nSPS) is 17.5. The Labute approximate surface area is 197 Å². The number of piperidine rings is 2. The molecule has 8 heteroatoms. The van der Waals surface area contributed by atoms with E-state index in [9.17, 15) is 22.8 Å². The van der Waals surface area contributed by atoms with Gasteiger partial charge in [0.1, 0.15) is 0 Å². The number of anilines is 2. The van der Waals surface area contributed by atoms with Gasteiger partial charge in [-0.2, -0.15) is 13.2 Å². The lowest BCUT2D eigenvalue weighted by Gasteiger charge is -2.34. The van der Waals surface area contributed by atoms with Crippen molar-refractivity contribution in [3.63, 3.8) is 0 Å². The maximum absolute atomic E-state index is 13.5. The van der Waals surface area contributed by atoms with Gasteiger partial charge in [-0.15, -0.1) is 0 Å². The molecule has 2 saturated heterocycles. The lowest BCUT2D eigenvalue weighted by molar-refractivity contribution is -0.137. The molecular formula is C26H30F3N3O2. The smallest absolute Gasteiger partial charge is 0.371 e. The number of hydrogen-bond acceptors (Lipinski definition) is 3. The van der Waals surface area contributed by atoms with Crippen LogP contribution in [0, 0.1) is 5.92 Å². The first-order valence-electron chi connectivity index (χ1n) is 11.9. The standard InChI is InChI=1S/C26H30F3N3O2/c1-18-10-14-32(15-11-18)25(34)22-17-21(8-9-23(22)31-12-3-2-4-13-31)30-24(33)19-6-5-7-20(16-19)26(27,28)29/h5-9,16-18H,2-4,10-15H2,1H3,(H,30,33). The molecule has 34 heavy (non-hydrogen) atoms. The van der Waals surface area contributed by atoms with Crippen LogP contribution < -0.4 is 10.2 Å². The molecule has 0 saturated carbocycles. The van der Waals surface area contributed by atoms with Crippen LogP contribution in [0.25, 0.3) is 0 Å². The summed E-state index contributed by atoms with van der Waals surface area (Å²) in [5, 5.41) is 2.68. The summed E-state index contributed by atoms with van der Waals surface area (Å²) >= 11 is 0. The number of likely N-dealkylation sites (tertiary alicyclic amines) is 1. The number of halogens is 3. The van der Waals surface area contributed by atoms with Crippen molar-refractivity contribution in [3.05, 3.63) is 59.2 Å². The van der Waals surface area contributed by atoms with Crippen molar-refractivity contribution in [1.29, 1.82) is 0 Å². The Balaban J connectivity index is 1.60. The second-order valence-electron chi connectivity index (χ2n) is 9.29. The summed E-state index contributed by atoms with van der Waals surface area (Å²) in [5.74, 6) is -0.131. The predicted octanol–water partition coefficient (Wildman–Crippen LogP) is 5.82. The zero-order chi connectivity index (χ0) is 24.3. The molecular weight excluding hydrogens is 443 g/mol. The van der Waals surface area contributed by atoms with Gasteiger partial charge in [0, 0.05) is 43.1 Å². The molecule has 0 atom stereocenters. The fourth-order valence-electron chi connectivity index (χ4n) is 4.62. The van der Waals surface area contributed by atoms with Gasteiger partial charge in [-0.1, -0.05) is 13.0 Å². The predicted molar refractivity (Wildman–Crippen MR) is 126 cm³/mol. The number of carbonyl (C=O) groups is 2. The first-order valence-corrected chi connectivity index (χ1v) is 11.9. The van der Waals surface area contributed by atoms with E-state index in [-0.39, 0.29) is 11.5 Å². The van der Waals surface area contributed by atoms with Gasteiger partial charge in [0.25, 0.3) is 11.8 Å². The second kappa shape index (κ2) is 10.1. The molecule has 2 fully saturated rings. The fraction of sp³-hybridized carbons (Fsp3) is 0.462. The number of benzene rings is 2. The van der Waals surface area contributed by atoms with Crippen molar-refractivity contribution >= 4 is 23.2 Å². The number of amides is 2. The summed E-state index contributed by atoms with van der Waals surface area (Å²) < 4.78 is 39.1. The molecule has 2 amide bonds. The van der Waals surface area contributed by atoms with Crippen LogP contribution in [0.2, 0.25) is 0 Å². The Morgan fingerprint density at radius 3 is 2.32 bits per heavy atom. The van der Waals surface area contributed by atoms with Gasteiger partial charge < -0.3 is 15.1 Å². The zero-order valence-corrected chi connectivity index (χ0v) is 19.3. The summed E-state index contributed by atoms with van der Waals surface area (Å²) in [6, 6.07) is 9.53. The average molecular weight is 474 g/mol. The molecule has 0 spiro atoms. The van der Waals surface area contributed by atoms with Gasteiger partial charge in [0.05, 0.1) is 11.1 Å². The van der Waals surface area contributed by atoms with Crippen LogP contribution in [0.1, 0.15) is 65.3 Å². The van der Waals surface area contributed by atoms with E-state index in [4.69, 9.17) is 0 Å². The molecule has 2 aromatic carbocycles. The highest BCUT2D eigenvalue weighted by Gasteiger charge is 2.31. The third-order valence-electron chi connectivity index (χ3n) is 6.70. The number of carbonyl (C=O) groups excluding carboxylic acids is 2. The van der Waals surface area contributed by atoms with E-state index >= 15 is 0 Å². The quantitative estimate of drug-likeness (QED) is 0.609. The summed E-state index contributed by atoms with van der Waals surface area (Å²) in [6.45, 7) is 5.31. The lowest BCUT2D eigenvalue weighted by Crippen LogP contribution is -2.39. The molecule has 0 radical (unpaired) electrons. The molecule has 2 heterocycles. The minimum absolute atomic E-state index is 0.0670. The molecule has 0 aliphatic carbocycles. The Hall–Kier alpha value is -3.03. The van der Waals surface area contributed by atoms with Crippen molar-refractivity contribution in [2.75, 3.05) is 36.4 Å². The monoisotopic (exact) mass is 473 g/mol. The summed E-state index contributed by atoms with van der Waals surface area (Å²) in [7, 11) is 0.